The Labute approximate surface area is 85.9 Å². The molecule has 0 bridgehead atoms. The van der Waals surface area contributed by atoms with Crippen molar-refractivity contribution in [2.45, 2.75) is 45.6 Å². The number of nitrogens with one attached hydrogen (secondary N) is 1. The molecule has 0 saturated heterocycles. The molecular weight excluding hydrogens is 178 g/mol. The van der Waals surface area contributed by atoms with E-state index in [4.69, 9.17) is 5.11 Å². The predicted octanol–water partition coefficient (Wildman–Crippen LogP) is 1.31. The third-order valence-electron chi connectivity index (χ3n) is 3.06. The predicted molar refractivity (Wildman–Crippen MR) is 55.8 cm³/mol. The van der Waals surface area contributed by atoms with Gasteiger partial charge in [-0.3, -0.25) is 4.79 Å². The Bertz CT molecular complexity index is 213. The Morgan fingerprint density at radius 1 is 1.50 bits per heavy atom. The molecule has 1 fully saturated rings. The van der Waals surface area contributed by atoms with Crippen molar-refractivity contribution in [3.8, 4) is 0 Å². The minimum atomic E-state index is -0.487. The molecule has 0 spiro atoms. The number of carbonyl (C=O) groups is 1. The number of aliphatic hydroxyl groups is 1. The number of hydrogen-bond donors (Lipinski definition) is 2. The van der Waals surface area contributed by atoms with E-state index in [-0.39, 0.29) is 18.4 Å². The zero-order valence-corrected chi connectivity index (χ0v) is 9.34. The molecular formula is C11H21NO2. The molecule has 1 rings (SSSR count). The summed E-state index contributed by atoms with van der Waals surface area (Å²) in [5.41, 5.74) is -0.487. The topological polar surface area (TPSA) is 49.3 Å². The maximum absolute atomic E-state index is 11.8. The van der Waals surface area contributed by atoms with Crippen LogP contribution in [0.2, 0.25) is 0 Å². The molecule has 1 saturated carbocycles. The van der Waals surface area contributed by atoms with Crippen LogP contribution in [0.3, 0.4) is 0 Å². The van der Waals surface area contributed by atoms with Crippen molar-refractivity contribution in [3.63, 3.8) is 0 Å². The average molecular weight is 199 g/mol. The highest BCUT2D eigenvalue weighted by Crippen LogP contribution is 2.31. The number of amides is 1. The summed E-state index contributed by atoms with van der Waals surface area (Å²) in [4.78, 5) is 11.8. The number of rotatable bonds is 3. The first kappa shape index (κ1) is 11.5. The number of aliphatic hydroxyl groups excluding tert-OH is 1. The first-order chi connectivity index (χ1) is 6.46. The van der Waals surface area contributed by atoms with Crippen molar-refractivity contribution in [2.75, 3.05) is 6.61 Å². The first-order valence-corrected chi connectivity index (χ1v) is 5.39. The van der Waals surface area contributed by atoms with Gasteiger partial charge in [-0.15, -0.1) is 0 Å². The van der Waals surface area contributed by atoms with Crippen LogP contribution in [0.15, 0.2) is 0 Å². The van der Waals surface area contributed by atoms with Gasteiger partial charge >= 0.3 is 0 Å². The summed E-state index contributed by atoms with van der Waals surface area (Å²) in [6, 6.07) is 0. The highest BCUT2D eigenvalue weighted by Gasteiger charge is 2.32. The van der Waals surface area contributed by atoms with Gasteiger partial charge in [-0.2, -0.15) is 0 Å². The lowest BCUT2D eigenvalue weighted by molar-refractivity contribution is -0.128. The Morgan fingerprint density at radius 2 is 2.14 bits per heavy atom. The highest BCUT2D eigenvalue weighted by atomic mass is 16.3. The van der Waals surface area contributed by atoms with Crippen LogP contribution in [-0.2, 0) is 4.79 Å². The molecule has 3 heteroatoms. The van der Waals surface area contributed by atoms with Crippen LogP contribution in [0.5, 0.6) is 0 Å². The first-order valence-electron chi connectivity index (χ1n) is 5.39. The minimum absolute atomic E-state index is 0.0140. The van der Waals surface area contributed by atoms with Crippen molar-refractivity contribution in [1.29, 1.82) is 0 Å². The van der Waals surface area contributed by atoms with Gasteiger partial charge in [-0.25, -0.2) is 0 Å². The van der Waals surface area contributed by atoms with Gasteiger partial charge in [0.25, 0.3) is 0 Å². The van der Waals surface area contributed by atoms with Crippen LogP contribution in [0, 0.1) is 11.8 Å². The maximum Gasteiger partial charge on any atom is 0.223 e. The molecule has 0 heterocycles. The third-order valence-corrected chi connectivity index (χ3v) is 3.06. The van der Waals surface area contributed by atoms with Crippen molar-refractivity contribution < 1.29 is 9.90 Å². The van der Waals surface area contributed by atoms with Crippen molar-refractivity contribution in [3.05, 3.63) is 0 Å². The Morgan fingerprint density at radius 3 is 2.57 bits per heavy atom. The molecule has 0 radical (unpaired) electrons. The van der Waals surface area contributed by atoms with E-state index in [1.54, 1.807) is 0 Å². The van der Waals surface area contributed by atoms with Crippen molar-refractivity contribution in [2.24, 2.45) is 11.8 Å². The Balaban J connectivity index is 2.49. The van der Waals surface area contributed by atoms with E-state index < -0.39 is 5.54 Å². The normalized spacial score (nSPS) is 27.7. The fourth-order valence-electron chi connectivity index (χ4n) is 2.00. The minimum Gasteiger partial charge on any atom is -0.394 e. The largest absolute Gasteiger partial charge is 0.394 e. The molecule has 0 aromatic rings. The molecule has 0 aromatic heterocycles. The van der Waals surface area contributed by atoms with Crippen LogP contribution in [0.4, 0.5) is 0 Å². The van der Waals surface area contributed by atoms with E-state index in [0.29, 0.717) is 5.92 Å². The lowest BCUT2D eigenvalue weighted by Gasteiger charge is -2.26. The summed E-state index contributed by atoms with van der Waals surface area (Å²) < 4.78 is 0. The van der Waals surface area contributed by atoms with E-state index in [2.05, 4.69) is 12.2 Å². The van der Waals surface area contributed by atoms with Crippen LogP contribution < -0.4 is 5.32 Å². The lowest BCUT2D eigenvalue weighted by Crippen LogP contribution is -2.49. The number of hydrogen-bond acceptors (Lipinski definition) is 2. The van der Waals surface area contributed by atoms with Crippen LogP contribution in [0.25, 0.3) is 0 Å². The zero-order valence-electron chi connectivity index (χ0n) is 9.34. The second-order valence-corrected chi connectivity index (χ2v) is 5.05. The smallest absolute Gasteiger partial charge is 0.223 e. The Hall–Kier alpha value is -0.570. The quantitative estimate of drug-likeness (QED) is 0.720. The third kappa shape index (κ3) is 2.71. The highest BCUT2D eigenvalue weighted by molar-refractivity contribution is 5.79. The zero-order chi connectivity index (χ0) is 10.8. The summed E-state index contributed by atoms with van der Waals surface area (Å²) in [5.74, 6) is 0.749. The molecule has 1 aliphatic carbocycles. The molecule has 0 aliphatic heterocycles. The average Bonchev–Trinajstić information content (AvgIpc) is 2.51. The van der Waals surface area contributed by atoms with E-state index in [1.165, 1.54) is 0 Å². The van der Waals surface area contributed by atoms with E-state index >= 15 is 0 Å². The monoisotopic (exact) mass is 199 g/mol. The van der Waals surface area contributed by atoms with Gasteiger partial charge in [0.2, 0.25) is 5.91 Å². The van der Waals surface area contributed by atoms with Crippen LogP contribution >= 0.6 is 0 Å². The van der Waals surface area contributed by atoms with Gasteiger partial charge < -0.3 is 10.4 Å². The lowest BCUT2D eigenvalue weighted by atomic mass is 9.95. The summed E-state index contributed by atoms with van der Waals surface area (Å²) >= 11 is 0. The molecule has 14 heavy (non-hydrogen) atoms. The van der Waals surface area contributed by atoms with Crippen LogP contribution in [0.1, 0.15) is 40.0 Å². The number of carbonyl (C=O) groups excluding carboxylic acids is 1. The molecule has 2 unspecified atom stereocenters. The molecule has 3 nitrogen and oxygen atoms in total. The SMILES string of the molecule is CC1CCCC1C(=O)NC(C)(C)CO. The molecule has 0 aromatic carbocycles. The summed E-state index contributed by atoms with van der Waals surface area (Å²) in [6.45, 7) is 5.79. The summed E-state index contributed by atoms with van der Waals surface area (Å²) in [7, 11) is 0. The fourth-order valence-corrected chi connectivity index (χ4v) is 2.00. The second kappa shape index (κ2) is 4.30. The molecule has 1 amide bonds. The van der Waals surface area contributed by atoms with E-state index in [9.17, 15) is 4.79 Å². The van der Waals surface area contributed by atoms with Crippen molar-refractivity contribution >= 4 is 5.91 Å². The van der Waals surface area contributed by atoms with Gasteiger partial charge in [-0.05, 0) is 32.6 Å². The molecule has 82 valence electrons. The van der Waals surface area contributed by atoms with Crippen molar-refractivity contribution in [1.82, 2.24) is 5.32 Å². The molecule has 2 atom stereocenters. The van der Waals surface area contributed by atoms with Gasteiger partial charge in [0, 0.05) is 5.92 Å². The Kier molecular flexibility index (Phi) is 3.53. The van der Waals surface area contributed by atoms with Gasteiger partial charge in [0.1, 0.15) is 0 Å². The van der Waals surface area contributed by atoms with Gasteiger partial charge in [0.05, 0.1) is 12.1 Å². The summed E-state index contributed by atoms with van der Waals surface area (Å²) in [6.07, 6.45) is 3.30. The second-order valence-electron chi connectivity index (χ2n) is 5.05. The van der Waals surface area contributed by atoms with E-state index in [0.717, 1.165) is 19.3 Å². The van der Waals surface area contributed by atoms with Gasteiger partial charge in [-0.1, -0.05) is 13.3 Å². The van der Waals surface area contributed by atoms with E-state index in [1.807, 2.05) is 13.8 Å². The standard InChI is InChI=1S/C11H21NO2/c1-8-5-4-6-9(8)10(14)12-11(2,3)7-13/h8-9,13H,4-7H2,1-3H3,(H,12,14). The summed E-state index contributed by atoms with van der Waals surface area (Å²) in [5, 5.41) is 11.9. The molecule has 1 aliphatic rings. The fraction of sp³-hybridized carbons (Fsp3) is 0.909. The maximum atomic E-state index is 11.8. The van der Waals surface area contributed by atoms with Gasteiger partial charge in [0.15, 0.2) is 0 Å². The molecule has 2 N–H and O–H groups in total. The van der Waals surface area contributed by atoms with Crippen LogP contribution in [-0.4, -0.2) is 23.2 Å².